The third-order valence-electron chi connectivity index (χ3n) is 1.60. The van der Waals surface area contributed by atoms with Crippen molar-refractivity contribution in [3.05, 3.63) is 28.2 Å². The highest BCUT2D eigenvalue weighted by molar-refractivity contribution is 9.10. The lowest BCUT2D eigenvalue weighted by atomic mass is 10.2. The molecular weight excluding hydrogens is 232 g/mol. The minimum atomic E-state index is -0.0956. The van der Waals surface area contributed by atoms with Gasteiger partial charge in [-0.3, -0.25) is 4.79 Å². The number of halogens is 1. The summed E-state index contributed by atoms with van der Waals surface area (Å²) in [5.41, 5.74) is 6.79. The maximum atomic E-state index is 11.3. The summed E-state index contributed by atoms with van der Waals surface area (Å²) in [7, 11) is 0. The molecule has 0 aromatic heterocycles. The van der Waals surface area contributed by atoms with Crippen LogP contribution in [0.1, 0.15) is 17.3 Å². The molecule has 0 radical (unpaired) electrons. The van der Waals surface area contributed by atoms with Crippen molar-refractivity contribution in [2.45, 2.75) is 6.92 Å². The van der Waals surface area contributed by atoms with Gasteiger partial charge in [0.15, 0.2) is 0 Å². The molecule has 0 saturated carbocycles. The van der Waals surface area contributed by atoms with Crippen molar-refractivity contribution in [2.24, 2.45) is 0 Å². The lowest BCUT2D eigenvalue weighted by molar-refractivity contribution is 0.0956. The Morgan fingerprint density at radius 1 is 1.62 bits per heavy atom. The maximum Gasteiger partial charge on any atom is 0.251 e. The van der Waals surface area contributed by atoms with E-state index in [1.807, 2.05) is 6.92 Å². The van der Waals surface area contributed by atoms with Gasteiger partial charge in [-0.2, -0.15) is 0 Å². The number of amides is 1. The van der Waals surface area contributed by atoms with E-state index in [4.69, 9.17) is 5.73 Å². The normalized spacial score (nSPS) is 9.69. The Bertz CT molecular complexity index is 325. The van der Waals surface area contributed by atoms with Crippen LogP contribution < -0.4 is 11.1 Å². The van der Waals surface area contributed by atoms with Gasteiger partial charge in [0.1, 0.15) is 0 Å². The third kappa shape index (κ3) is 2.45. The average Bonchev–Trinajstić information content (AvgIpc) is 2.10. The Morgan fingerprint density at radius 3 is 2.85 bits per heavy atom. The Labute approximate surface area is 85.4 Å². The fourth-order valence-electron chi connectivity index (χ4n) is 0.948. The molecule has 1 rings (SSSR count). The lowest BCUT2D eigenvalue weighted by Gasteiger charge is -2.03. The second-order valence-electron chi connectivity index (χ2n) is 2.60. The largest absolute Gasteiger partial charge is 0.398 e. The number of nitrogens with one attached hydrogen (secondary N) is 1. The number of nitrogen functional groups attached to an aromatic ring is 1. The van der Waals surface area contributed by atoms with Crippen molar-refractivity contribution < 1.29 is 4.79 Å². The van der Waals surface area contributed by atoms with E-state index in [2.05, 4.69) is 21.2 Å². The van der Waals surface area contributed by atoms with E-state index in [9.17, 15) is 4.79 Å². The van der Waals surface area contributed by atoms with E-state index in [1.54, 1.807) is 18.2 Å². The van der Waals surface area contributed by atoms with Crippen LogP contribution >= 0.6 is 15.9 Å². The van der Waals surface area contributed by atoms with Crippen LogP contribution in [-0.4, -0.2) is 12.5 Å². The number of benzene rings is 1. The van der Waals surface area contributed by atoms with Gasteiger partial charge in [0.2, 0.25) is 0 Å². The zero-order valence-corrected chi connectivity index (χ0v) is 8.89. The van der Waals surface area contributed by atoms with Crippen LogP contribution in [0, 0.1) is 0 Å². The molecule has 3 nitrogen and oxygen atoms in total. The van der Waals surface area contributed by atoms with Crippen molar-refractivity contribution in [2.75, 3.05) is 12.3 Å². The molecule has 0 aliphatic heterocycles. The van der Waals surface area contributed by atoms with Gasteiger partial charge in [0.05, 0.1) is 0 Å². The summed E-state index contributed by atoms with van der Waals surface area (Å²) in [4.78, 5) is 11.3. The minimum Gasteiger partial charge on any atom is -0.398 e. The zero-order chi connectivity index (χ0) is 9.84. The molecule has 0 saturated heterocycles. The first-order valence-electron chi connectivity index (χ1n) is 3.98. The first-order chi connectivity index (χ1) is 6.15. The van der Waals surface area contributed by atoms with Gasteiger partial charge in [-0.25, -0.2) is 0 Å². The number of hydrogen-bond donors (Lipinski definition) is 2. The highest BCUT2D eigenvalue weighted by atomic mass is 79.9. The Hall–Kier alpha value is -1.03. The van der Waals surface area contributed by atoms with Gasteiger partial charge in [-0.1, -0.05) is 0 Å². The van der Waals surface area contributed by atoms with Crippen LogP contribution in [0.2, 0.25) is 0 Å². The summed E-state index contributed by atoms with van der Waals surface area (Å²) in [6.45, 7) is 2.49. The summed E-state index contributed by atoms with van der Waals surface area (Å²) >= 11 is 3.26. The number of carbonyl (C=O) groups is 1. The monoisotopic (exact) mass is 242 g/mol. The molecule has 70 valence electrons. The number of anilines is 1. The predicted octanol–water partition coefficient (Wildman–Crippen LogP) is 1.78. The van der Waals surface area contributed by atoms with Gasteiger partial charge in [0, 0.05) is 22.3 Å². The summed E-state index contributed by atoms with van der Waals surface area (Å²) in [5.74, 6) is -0.0956. The molecule has 3 N–H and O–H groups in total. The predicted molar refractivity (Wildman–Crippen MR) is 56.6 cm³/mol. The Kier molecular flexibility index (Phi) is 3.31. The van der Waals surface area contributed by atoms with E-state index in [0.717, 1.165) is 4.47 Å². The summed E-state index contributed by atoms with van der Waals surface area (Å²) in [5, 5.41) is 2.70. The van der Waals surface area contributed by atoms with Crippen LogP contribution in [0.15, 0.2) is 22.7 Å². The first-order valence-corrected chi connectivity index (χ1v) is 4.77. The smallest absolute Gasteiger partial charge is 0.251 e. The SMILES string of the molecule is CCNC(=O)c1ccc(Br)c(N)c1. The minimum absolute atomic E-state index is 0.0956. The highest BCUT2D eigenvalue weighted by Gasteiger charge is 2.05. The second kappa shape index (κ2) is 4.28. The second-order valence-corrected chi connectivity index (χ2v) is 3.45. The van der Waals surface area contributed by atoms with E-state index in [0.29, 0.717) is 17.8 Å². The zero-order valence-electron chi connectivity index (χ0n) is 7.30. The number of carbonyl (C=O) groups excluding carboxylic acids is 1. The van der Waals surface area contributed by atoms with E-state index >= 15 is 0 Å². The highest BCUT2D eigenvalue weighted by Crippen LogP contribution is 2.19. The molecule has 13 heavy (non-hydrogen) atoms. The summed E-state index contributed by atoms with van der Waals surface area (Å²) in [6, 6.07) is 5.14. The average molecular weight is 243 g/mol. The molecule has 0 fully saturated rings. The molecule has 0 atom stereocenters. The van der Waals surface area contributed by atoms with Gasteiger partial charge in [-0.05, 0) is 41.1 Å². The van der Waals surface area contributed by atoms with Crippen LogP contribution in [0.25, 0.3) is 0 Å². The van der Waals surface area contributed by atoms with E-state index < -0.39 is 0 Å². The topological polar surface area (TPSA) is 55.1 Å². The number of nitrogens with two attached hydrogens (primary N) is 1. The van der Waals surface area contributed by atoms with Crippen molar-refractivity contribution in [3.8, 4) is 0 Å². The molecule has 1 amide bonds. The van der Waals surface area contributed by atoms with Crippen molar-refractivity contribution in [1.29, 1.82) is 0 Å². The van der Waals surface area contributed by atoms with E-state index in [-0.39, 0.29) is 5.91 Å². The van der Waals surface area contributed by atoms with Crippen LogP contribution in [0.3, 0.4) is 0 Å². The Morgan fingerprint density at radius 2 is 2.31 bits per heavy atom. The fourth-order valence-corrected chi connectivity index (χ4v) is 1.19. The Balaban J connectivity index is 2.90. The molecule has 0 aliphatic rings. The maximum absolute atomic E-state index is 11.3. The molecule has 4 heteroatoms. The number of hydrogen-bond acceptors (Lipinski definition) is 2. The van der Waals surface area contributed by atoms with Gasteiger partial charge in [0.25, 0.3) is 5.91 Å². The number of rotatable bonds is 2. The first kappa shape index (κ1) is 10.1. The lowest BCUT2D eigenvalue weighted by Crippen LogP contribution is -2.22. The quantitative estimate of drug-likeness (QED) is 0.778. The molecule has 0 aliphatic carbocycles. The van der Waals surface area contributed by atoms with Gasteiger partial charge < -0.3 is 11.1 Å². The summed E-state index contributed by atoms with van der Waals surface area (Å²) in [6.07, 6.45) is 0. The van der Waals surface area contributed by atoms with Crippen LogP contribution in [0.5, 0.6) is 0 Å². The molecule has 0 unspecified atom stereocenters. The fraction of sp³-hybridized carbons (Fsp3) is 0.222. The van der Waals surface area contributed by atoms with E-state index in [1.165, 1.54) is 0 Å². The summed E-state index contributed by atoms with van der Waals surface area (Å²) < 4.78 is 0.806. The third-order valence-corrected chi connectivity index (χ3v) is 2.32. The molecule has 1 aromatic carbocycles. The standard InChI is InChI=1S/C9H11BrN2O/c1-2-12-9(13)6-3-4-7(10)8(11)5-6/h3-5H,2,11H2,1H3,(H,12,13). The van der Waals surface area contributed by atoms with Crippen molar-refractivity contribution in [3.63, 3.8) is 0 Å². The van der Waals surface area contributed by atoms with Gasteiger partial charge in [-0.15, -0.1) is 0 Å². The van der Waals surface area contributed by atoms with Gasteiger partial charge >= 0.3 is 0 Å². The van der Waals surface area contributed by atoms with Crippen molar-refractivity contribution >= 4 is 27.5 Å². The molecular formula is C9H11BrN2O. The molecule has 0 spiro atoms. The molecule has 1 aromatic rings. The van der Waals surface area contributed by atoms with Crippen LogP contribution in [-0.2, 0) is 0 Å². The molecule has 0 bridgehead atoms. The van der Waals surface area contributed by atoms with Crippen molar-refractivity contribution in [1.82, 2.24) is 5.32 Å². The molecule has 0 heterocycles. The van der Waals surface area contributed by atoms with Crippen LogP contribution in [0.4, 0.5) is 5.69 Å².